The lowest BCUT2D eigenvalue weighted by molar-refractivity contribution is -0.123. The van der Waals surface area contributed by atoms with Crippen molar-refractivity contribution in [3.8, 4) is 0 Å². The smallest absolute Gasteiger partial charge is 0.391 e. The summed E-state index contributed by atoms with van der Waals surface area (Å²) >= 11 is 0. The molecule has 0 aliphatic rings. The molecular weight excluding hydrogens is 681 g/mol. The Labute approximate surface area is 330 Å². The second kappa shape index (κ2) is 41.2. The fourth-order valence-electron chi connectivity index (χ4n) is 7.53. The molecule has 0 radical (unpaired) electrons. The third-order valence-corrected chi connectivity index (χ3v) is 11.6. The van der Waals surface area contributed by atoms with Crippen LogP contribution in [0.25, 0.3) is 0 Å². The molecule has 0 heterocycles. The molecule has 318 valence electrons. The van der Waals surface area contributed by atoms with Gasteiger partial charge in [0.15, 0.2) is 0 Å². The Bertz CT molecular complexity index is 793. The second-order valence-electron chi connectivity index (χ2n) is 16.4. The van der Waals surface area contributed by atoms with Gasteiger partial charge in [0.2, 0.25) is 5.91 Å². The van der Waals surface area contributed by atoms with Gasteiger partial charge in [0.25, 0.3) is 0 Å². The zero-order valence-corrected chi connectivity index (χ0v) is 36.3. The van der Waals surface area contributed by atoms with E-state index in [9.17, 15) is 24.3 Å². The zero-order valence-electron chi connectivity index (χ0n) is 35.5. The summed E-state index contributed by atoms with van der Waals surface area (Å²) in [7, 11) is -4.69. The largest absolute Gasteiger partial charge is 0.469 e. The Kier molecular flexibility index (Phi) is 40.8. The van der Waals surface area contributed by atoms with Crippen molar-refractivity contribution in [2.24, 2.45) is 0 Å². The average Bonchev–Trinajstić information content (AvgIpc) is 3.13. The highest BCUT2D eigenvalue weighted by atomic mass is 31.2. The number of carbonyl (C=O) groups excluding carboxylic acids is 1. The minimum Gasteiger partial charge on any atom is -0.391 e. The molecule has 0 rings (SSSR count). The number of phosphoric acid groups is 1. The van der Waals surface area contributed by atoms with E-state index >= 15 is 0 Å². The lowest BCUT2D eigenvalue weighted by Gasteiger charge is -2.24. The first-order valence-electron chi connectivity index (χ1n) is 23.5. The molecule has 0 aromatic rings. The quantitative estimate of drug-likeness (QED) is 0.0362. The van der Waals surface area contributed by atoms with Gasteiger partial charge < -0.3 is 20.2 Å². The third kappa shape index (κ3) is 42.5. The van der Waals surface area contributed by atoms with E-state index in [1.54, 1.807) is 0 Å². The topological polar surface area (TPSA) is 116 Å². The number of amides is 1. The molecule has 7 nitrogen and oxygen atoms in total. The number of phosphoric ester groups is 1. The first kappa shape index (κ1) is 52.5. The summed E-state index contributed by atoms with van der Waals surface area (Å²) < 4.78 is 16.0. The number of nitrogens with one attached hydrogen (secondary N) is 1. The SMILES string of the molecule is CCCCCCCCCCCCCCCCCCCCCCCC(=O)N[C@@H](COP(=O)(O)O)[C@H](O)CCCCCCCCCCCCCCCCCC. The van der Waals surface area contributed by atoms with Crippen molar-refractivity contribution in [1.82, 2.24) is 5.32 Å². The summed E-state index contributed by atoms with van der Waals surface area (Å²) in [4.78, 5) is 31.0. The summed E-state index contributed by atoms with van der Waals surface area (Å²) in [6.45, 7) is 4.16. The van der Waals surface area contributed by atoms with Gasteiger partial charge in [0, 0.05) is 6.42 Å². The van der Waals surface area contributed by atoms with Crippen molar-refractivity contribution >= 4 is 13.7 Å². The van der Waals surface area contributed by atoms with Crippen LogP contribution in [0.1, 0.15) is 264 Å². The van der Waals surface area contributed by atoms with Gasteiger partial charge in [-0.1, -0.05) is 245 Å². The van der Waals surface area contributed by atoms with Gasteiger partial charge in [0.1, 0.15) is 0 Å². The fraction of sp³-hybridized carbons (Fsp3) is 0.978. The lowest BCUT2D eigenvalue weighted by Crippen LogP contribution is -2.46. The minimum absolute atomic E-state index is 0.187. The number of aliphatic hydroxyl groups is 1. The van der Waals surface area contributed by atoms with Crippen molar-refractivity contribution < 1.29 is 28.8 Å². The molecular formula is C45H92NO6P. The molecule has 0 saturated carbocycles. The first-order valence-corrected chi connectivity index (χ1v) is 25.0. The van der Waals surface area contributed by atoms with Crippen LogP contribution in [-0.4, -0.2) is 39.6 Å². The third-order valence-electron chi connectivity index (χ3n) is 11.1. The number of unbranched alkanes of at least 4 members (excludes halogenated alkanes) is 35. The van der Waals surface area contributed by atoms with E-state index in [0.29, 0.717) is 12.8 Å². The Hall–Kier alpha value is -0.460. The van der Waals surface area contributed by atoms with Crippen molar-refractivity contribution in [2.45, 2.75) is 276 Å². The van der Waals surface area contributed by atoms with Crippen LogP contribution in [0.4, 0.5) is 0 Å². The lowest BCUT2D eigenvalue weighted by atomic mass is 10.0. The van der Waals surface area contributed by atoms with Crippen LogP contribution >= 0.6 is 7.82 Å². The predicted molar refractivity (Wildman–Crippen MR) is 227 cm³/mol. The molecule has 0 spiro atoms. The number of hydrogen-bond donors (Lipinski definition) is 4. The zero-order chi connectivity index (χ0) is 38.9. The van der Waals surface area contributed by atoms with Crippen LogP contribution < -0.4 is 5.32 Å². The summed E-state index contributed by atoms with van der Waals surface area (Å²) in [6, 6.07) is -0.818. The maximum atomic E-state index is 12.6. The highest BCUT2D eigenvalue weighted by Gasteiger charge is 2.25. The predicted octanol–water partition coefficient (Wildman–Crippen LogP) is 14.2. The number of aliphatic hydroxyl groups excluding tert-OH is 1. The summed E-state index contributed by atoms with van der Waals surface area (Å²) in [6.07, 6.45) is 48.1. The average molecular weight is 774 g/mol. The van der Waals surface area contributed by atoms with Crippen LogP contribution in [0.2, 0.25) is 0 Å². The maximum absolute atomic E-state index is 12.6. The summed E-state index contributed by atoms with van der Waals surface area (Å²) in [5.41, 5.74) is 0. The second-order valence-corrected chi connectivity index (χ2v) is 17.7. The van der Waals surface area contributed by atoms with Crippen LogP contribution in [0.15, 0.2) is 0 Å². The molecule has 8 heteroatoms. The van der Waals surface area contributed by atoms with Gasteiger partial charge in [-0.25, -0.2) is 4.57 Å². The molecule has 0 aromatic carbocycles. The van der Waals surface area contributed by atoms with Crippen LogP contribution in [-0.2, 0) is 13.9 Å². The van der Waals surface area contributed by atoms with Gasteiger partial charge in [-0.2, -0.15) is 0 Å². The van der Waals surface area contributed by atoms with Crippen molar-refractivity contribution in [2.75, 3.05) is 6.61 Å². The van der Waals surface area contributed by atoms with E-state index < -0.39 is 26.6 Å². The molecule has 53 heavy (non-hydrogen) atoms. The minimum atomic E-state index is -4.69. The van der Waals surface area contributed by atoms with Crippen LogP contribution in [0.3, 0.4) is 0 Å². The fourth-order valence-corrected chi connectivity index (χ4v) is 7.88. The Morgan fingerprint density at radius 3 is 1.02 bits per heavy atom. The molecule has 4 N–H and O–H groups in total. The molecule has 0 aliphatic carbocycles. The molecule has 0 aromatic heterocycles. The van der Waals surface area contributed by atoms with Gasteiger partial charge >= 0.3 is 7.82 Å². The Balaban J connectivity index is 3.80. The summed E-state index contributed by atoms with van der Waals surface area (Å²) in [5.74, 6) is -0.187. The number of hydrogen-bond acceptors (Lipinski definition) is 4. The van der Waals surface area contributed by atoms with E-state index in [0.717, 1.165) is 38.5 Å². The van der Waals surface area contributed by atoms with E-state index in [1.165, 1.54) is 199 Å². The van der Waals surface area contributed by atoms with Crippen molar-refractivity contribution in [1.29, 1.82) is 0 Å². The molecule has 0 unspecified atom stereocenters. The van der Waals surface area contributed by atoms with Crippen LogP contribution in [0, 0.1) is 0 Å². The standard InChI is InChI=1S/C45H92NO6P/c1-3-5-7-9-11-13-15-17-19-21-22-23-24-25-27-29-31-33-35-37-39-41-45(48)46-43(42-52-53(49,50)51)44(47)40-38-36-34-32-30-28-26-20-18-16-14-12-10-8-6-4-2/h43-44,47H,3-42H2,1-2H3,(H,46,48)(H2,49,50,51)/t43-,44+/m0/s1. The maximum Gasteiger partial charge on any atom is 0.469 e. The first-order chi connectivity index (χ1) is 25.8. The van der Waals surface area contributed by atoms with E-state index in [4.69, 9.17) is 0 Å². The highest BCUT2D eigenvalue weighted by Crippen LogP contribution is 2.36. The van der Waals surface area contributed by atoms with E-state index in [2.05, 4.69) is 23.7 Å². The molecule has 0 bridgehead atoms. The van der Waals surface area contributed by atoms with Crippen molar-refractivity contribution in [3.63, 3.8) is 0 Å². The Morgan fingerprint density at radius 2 is 0.736 bits per heavy atom. The molecule has 0 aliphatic heterocycles. The van der Waals surface area contributed by atoms with Crippen LogP contribution in [0.5, 0.6) is 0 Å². The number of carbonyl (C=O) groups is 1. The van der Waals surface area contributed by atoms with Crippen molar-refractivity contribution in [3.05, 3.63) is 0 Å². The van der Waals surface area contributed by atoms with E-state index in [1.807, 2.05) is 0 Å². The molecule has 2 atom stereocenters. The van der Waals surface area contributed by atoms with E-state index in [-0.39, 0.29) is 5.91 Å². The highest BCUT2D eigenvalue weighted by molar-refractivity contribution is 7.46. The monoisotopic (exact) mass is 774 g/mol. The van der Waals surface area contributed by atoms with Gasteiger partial charge in [-0.05, 0) is 12.8 Å². The van der Waals surface area contributed by atoms with Gasteiger partial charge in [0.05, 0.1) is 18.8 Å². The number of rotatable bonds is 44. The Morgan fingerprint density at radius 1 is 0.472 bits per heavy atom. The molecule has 1 amide bonds. The molecule has 0 saturated heterocycles. The normalized spacial score (nSPS) is 13.1. The van der Waals surface area contributed by atoms with Gasteiger partial charge in [-0.15, -0.1) is 0 Å². The summed E-state index contributed by atoms with van der Waals surface area (Å²) in [5, 5.41) is 13.6. The molecule has 0 fully saturated rings. The van der Waals surface area contributed by atoms with Gasteiger partial charge in [-0.3, -0.25) is 9.32 Å².